The monoisotopic (exact) mass is 246 g/mol. The maximum Gasteiger partial charge on any atom is 0.275 e. The van der Waals surface area contributed by atoms with Crippen LogP contribution in [0.25, 0.3) is 0 Å². The van der Waals surface area contributed by atoms with Gasteiger partial charge in [-0.05, 0) is 17.5 Å². The zero-order valence-corrected chi connectivity index (χ0v) is 10.6. The average Bonchev–Trinajstić information content (AvgIpc) is 2.83. The fraction of sp³-hybridized carbons (Fsp3) is 0.231. The minimum absolute atomic E-state index is 0.153. The number of benzene rings is 1. The summed E-state index contributed by atoms with van der Waals surface area (Å²) >= 11 is 1.42. The number of anilines is 1. The molecule has 0 fully saturated rings. The minimum atomic E-state index is -0.153. The van der Waals surface area contributed by atoms with Gasteiger partial charge in [0.05, 0.1) is 5.51 Å². The molecule has 0 saturated carbocycles. The topological polar surface area (TPSA) is 42.0 Å². The third-order valence-electron chi connectivity index (χ3n) is 2.50. The van der Waals surface area contributed by atoms with Crippen molar-refractivity contribution >= 4 is 22.9 Å². The fourth-order valence-corrected chi connectivity index (χ4v) is 2.16. The van der Waals surface area contributed by atoms with E-state index in [2.05, 4.69) is 24.1 Å². The van der Waals surface area contributed by atoms with Crippen LogP contribution in [-0.2, 0) is 0 Å². The largest absolute Gasteiger partial charge is 0.320 e. The summed E-state index contributed by atoms with van der Waals surface area (Å²) in [6, 6.07) is 7.84. The number of hydrogen-bond donors (Lipinski definition) is 1. The second kappa shape index (κ2) is 5.10. The summed E-state index contributed by atoms with van der Waals surface area (Å²) in [5, 5.41) is 4.64. The summed E-state index contributed by atoms with van der Waals surface area (Å²) in [7, 11) is 0. The molecule has 0 aliphatic heterocycles. The molecule has 0 bridgehead atoms. The number of hydrogen-bond acceptors (Lipinski definition) is 3. The molecule has 0 unspecified atom stereocenters. The third kappa shape index (κ3) is 2.71. The Labute approximate surface area is 105 Å². The van der Waals surface area contributed by atoms with Crippen LogP contribution in [0.3, 0.4) is 0 Å². The van der Waals surface area contributed by atoms with Gasteiger partial charge in [0.1, 0.15) is 5.69 Å². The number of thiazole rings is 1. The van der Waals surface area contributed by atoms with Crippen LogP contribution < -0.4 is 5.32 Å². The summed E-state index contributed by atoms with van der Waals surface area (Å²) < 4.78 is 0. The van der Waals surface area contributed by atoms with Crippen molar-refractivity contribution in [3.05, 3.63) is 46.4 Å². The van der Waals surface area contributed by atoms with E-state index in [0.717, 1.165) is 11.3 Å². The highest BCUT2D eigenvalue weighted by molar-refractivity contribution is 7.07. The Hall–Kier alpha value is -1.68. The Morgan fingerprint density at radius 3 is 2.76 bits per heavy atom. The molecule has 1 N–H and O–H groups in total. The number of rotatable bonds is 3. The van der Waals surface area contributed by atoms with Crippen molar-refractivity contribution < 1.29 is 4.79 Å². The zero-order chi connectivity index (χ0) is 12.3. The molecule has 88 valence electrons. The number of nitrogens with zero attached hydrogens (tertiary/aromatic N) is 1. The van der Waals surface area contributed by atoms with Crippen LogP contribution in [0.1, 0.15) is 35.8 Å². The summed E-state index contributed by atoms with van der Waals surface area (Å²) in [5.41, 5.74) is 4.12. The molecule has 17 heavy (non-hydrogen) atoms. The zero-order valence-electron chi connectivity index (χ0n) is 9.81. The molecular formula is C13H14N2OS. The predicted molar refractivity (Wildman–Crippen MR) is 70.6 cm³/mol. The molecule has 2 aromatic rings. The smallest absolute Gasteiger partial charge is 0.275 e. The molecule has 0 atom stereocenters. The highest BCUT2D eigenvalue weighted by atomic mass is 32.1. The highest BCUT2D eigenvalue weighted by Crippen LogP contribution is 2.24. The van der Waals surface area contributed by atoms with Gasteiger partial charge in [-0.2, -0.15) is 0 Å². The SMILES string of the molecule is CC(C)c1ccccc1NC(=O)c1cscn1. The van der Waals surface area contributed by atoms with Gasteiger partial charge in [0, 0.05) is 11.1 Å². The molecule has 0 aliphatic carbocycles. The first-order chi connectivity index (χ1) is 8.18. The van der Waals surface area contributed by atoms with Gasteiger partial charge in [0.2, 0.25) is 0 Å². The standard InChI is InChI=1S/C13H14N2OS/c1-9(2)10-5-3-4-6-11(10)15-13(16)12-7-17-8-14-12/h3-9H,1-2H3,(H,15,16). The number of carbonyl (C=O) groups excluding carboxylic acids is 1. The Morgan fingerprint density at radius 2 is 2.12 bits per heavy atom. The average molecular weight is 246 g/mol. The van der Waals surface area contributed by atoms with E-state index in [9.17, 15) is 4.79 Å². The van der Waals surface area contributed by atoms with Crippen LogP contribution in [-0.4, -0.2) is 10.9 Å². The lowest BCUT2D eigenvalue weighted by Crippen LogP contribution is -2.13. The summed E-state index contributed by atoms with van der Waals surface area (Å²) in [5.74, 6) is 0.223. The van der Waals surface area contributed by atoms with E-state index in [1.54, 1.807) is 10.9 Å². The van der Waals surface area contributed by atoms with Crippen molar-refractivity contribution in [3.8, 4) is 0 Å². The van der Waals surface area contributed by atoms with Gasteiger partial charge >= 0.3 is 0 Å². The van der Waals surface area contributed by atoms with Gasteiger partial charge in [-0.25, -0.2) is 4.98 Å². The number of para-hydroxylation sites is 1. The molecule has 2 rings (SSSR count). The fourth-order valence-electron chi connectivity index (χ4n) is 1.63. The first-order valence-corrected chi connectivity index (χ1v) is 6.41. The van der Waals surface area contributed by atoms with Gasteiger partial charge in [0.15, 0.2) is 0 Å². The lowest BCUT2D eigenvalue weighted by molar-refractivity contribution is 0.102. The van der Waals surface area contributed by atoms with E-state index in [0.29, 0.717) is 11.6 Å². The van der Waals surface area contributed by atoms with Crippen molar-refractivity contribution in [1.29, 1.82) is 0 Å². The van der Waals surface area contributed by atoms with Gasteiger partial charge < -0.3 is 5.32 Å². The molecule has 0 spiro atoms. The van der Waals surface area contributed by atoms with E-state index in [1.807, 2.05) is 24.3 Å². The van der Waals surface area contributed by atoms with Crippen LogP contribution in [0.2, 0.25) is 0 Å². The van der Waals surface area contributed by atoms with Crippen LogP contribution in [0.15, 0.2) is 35.2 Å². The van der Waals surface area contributed by atoms with Crippen LogP contribution >= 0.6 is 11.3 Å². The van der Waals surface area contributed by atoms with Gasteiger partial charge in [-0.1, -0.05) is 32.0 Å². The molecule has 0 saturated heterocycles. The Kier molecular flexibility index (Phi) is 3.54. The van der Waals surface area contributed by atoms with Crippen LogP contribution in [0, 0.1) is 0 Å². The predicted octanol–water partition coefficient (Wildman–Crippen LogP) is 3.52. The van der Waals surface area contributed by atoms with E-state index in [1.165, 1.54) is 11.3 Å². The second-order valence-corrected chi connectivity index (χ2v) is 4.79. The summed E-state index contributed by atoms with van der Waals surface area (Å²) in [4.78, 5) is 15.9. The van der Waals surface area contributed by atoms with Crippen LogP contribution in [0.4, 0.5) is 5.69 Å². The van der Waals surface area contributed by atoms with Crippen LogP contribution in [0.5, 0.6) is 0 Å². The lowest BCUT2D eigenvalue weighted by Gasteiger charge is -2.12. The summed E-state index contributed by atoms with van der Waals surface area (Å²) in [6.07, 6.45) is 0. The van der Waals surface area contributed by atoms with E-state index < -0.39 is 0 Å². The second-order valence-electron chi connectivity index (χ2n) is 4.07. The molecule has 0 aliphatic rings. The number of nitrogens with one attached hydrogen (secondary N) is 1. The quantitative estimate of drug-likeness (QED) is 0.900. The molecule has 1 aromatic carbocycles. The lowest BCUT2D eigenvalue weighted by atomic mass is 10.0. The Morgan fingerprint density at radius 1 is 1.35 bits per heavy atom. The van der Waals surface area contributed by atoms with Gasteiger partial charge in [-0.15, -0.1) is 11.3 Å². The summed E-state index contributed by atoms with van der Waals surface area (Å²) in [6.45, 7) is 4.21. The minimum Gasteiger partial charge on any atom is -0.320 e. The molecule has 0 radical (unpaired) electrons. The first-order valence-electron chi connectivity index (χ1n) is 5.47. The molecule has 1 heterocycles. The van der Waals surface area contributed by atoms with E-state index in [-0.39, 0.29) is 5.91 Å². The van der Waals surface area contributed by atoms with Gasteiger partial charge in [-0.3, -0.25) is 4.79 Å². The Bertz CT molecular complexity index is 506. The van der Waals surface area contributed by atoms with E-state index >= 15 is 0 Å². The van der Waals surface area contributed by atoms with Crippen molar-refractivity contribution in [2.45, 2.75) is 19.8 Å². The van der Waals surface area contributed by atoms with E-state index in [4.69, 9.17) is 0 Å². The maximum absolute atomic E-state index is 11.9. The van der Waals surface area contributed by atoms with Gasteiger partial charge in [0.25, 0.3) is 5.91 Å². The maximum atomic E-state index is 11.9. The molecule has 4 heteroatoms. The normalized spacial score (nSPS) is 10.5. The number of amides is 1. The first kappa shape index (κ1) is 11.8. The third-order valence-corrected chi connectivity index (χ3v) is 3.08. The number of aromatic nitrogens is 1. The van der Waals surface area contributed by atoms with Crippen molar-refractivity contribution in [1.82, 2.24) is 4.98 Å². The highest BCUT2D eigenvalue weighted by Gasteiger charge is 2.11. The molecule has 1 aromatic heterocycles. The molecule has 1 amide bonds. The number of carbonyl (C=O) groups is 1. The van der Waals surface area contributed by atoms with Crippen molar-refractivity contribution in [2.24, 2.45) is 0 Å². The van der Waals surface area contributed by atoms with Crippen molar-refractivity contribution in [3.63, 3.8) is 0 Å². The molecular weight excluding hydrogens is 232 g/mol. The van der Waals surface area contributed by atoms with Crippen molar-refractivity contribution in [2.75, 3.05) is 5.32 Å². The Balaban J connectivity index is 2.22. The molecule has 3 nitrogen and oxygen atoms in total.